The third-order valence-corrected chi connectivity index (χ3v) is 5.75. The molecule has 1 aliphatic carbocycles. The Hall–Kier alpha value is -2.17. The van der Waals surface area contributed by atoms with Crippen LogP contribution in [0.1, 0.15) is 38.3 Å². The molecule has 6 nitrogen and oxygen atoms in total. The summed E-state index contributed by atoms with van der Waals surface area (Å²) in [6.07, 6.45) is -3.80. The molecule has 4 rings (SSSR count). The summed E-state index contributed by atoms with van der Waals surface area (Å²) in [6.45, 7) is 0.238. The van der Waals surface area contributed by atoms with Gasteiger partial charge in [-0.15, -0.1) is 0 Å². The predicted octanol–water partition coefficient (Wildman–Crippen LogP) is 4.31. The summed E-state index contributed by atoms with van der Waals surface area (Å²) >= 11 is 5.83. The van der Waals surface area contributed by atoms with Crippen LogP contribution in [0.25, 0.3) is 5.65 Å². The van der Waals surface area contributed by atoms with Crippen LogP contribution in [0, 0.1) is 0 Å². The average molecular weight is 438 g/mol. The van der Waals surface area contributed by atoms with Crippen molar-refractivity contribution in [2.45, 2.75) is 56.2 Å². The summed E-state index contributed by atoms with van der Waals surface area (Å²) in [5.41, 5.74) is -2.69. The second-order valence-corrected chi connectivity index (χ2v) is 8.13. The van der Waals surface area contributed by atoms with Crippen molar-refractivity contribution < 1.29 is 26.7 Å². The van der Waals surface area contributed by atoms with Gasteiger partial charge in [-0.1, -0.05) is 11.6 Å². The van der Waals surface area contributed by atoms with Crippen LogP contribution in [0.2, 0.25) is 5.15 Å². The minimum atomic E-state index is -4.71. The first-order chi connectivity index (χ1) is 13.4. The highest BCUT2D eigenvalue weighted by Gasteiger charge is 2.60. The maximum Gasteiger partial charge on any atom is 0.401 e. The average Bonchev–Trinajstić information content (AvgIpc) is 3.11. The smallest absolute Gasteiger partial charge is 0.335 e. The second-order valence-electron chi connectivity index (χ2n) is 7.74. The van der Waals surface area contributed by atoms with Gasteiger partial charge in [0.1, 0.15) is 5.41 Å². The summed E-state index contributed by atoms with van der Waals surface area (Å²) in [7, 11) is 0. The van der Waals surface area contributed by atoms with E-state index in [1.807, 2.05) is 0 Å². The molecule has 2 atom stereocenters. The number of nitrogens with one attached hydrogen (secondary N) is 1. The highest BCUT2D eigenvalue weighted by molar-refractivity contribution is 6.29. The van der Waals surface area contributed by atoms with Crippen LogP contribution in [-0.2, 0) is 5.41 Å². The number of halogens is 6. The van der Waals surface area contributed by atoms with Gasteiger partial charge >= 0.3 is 12.2 Å². The number of fused-ring (bicyclic) bond motifs is 3. The largest absolute Gasteiger partial charge is 0.401 e. The van der Waals surface area contributed by atoms with E-state index in [-0.39, 0.29) is 35.0 Å². The van der Waals surface area contributed by atoms with Gasteiger partial charge in [-0.2, -0.15) is 18.3 Å². The van der Waals surface area contributed by atoms with Crippen LogP contribution in [0.4, 0.5) is 32.4 Å². The van der Waals surface area contributed by atoms with E-state index in [0.29, 0.717) is 6.42 Å². The fourth-order valence-corrected chi connectivity index (χ4v) is 4.21. The van der Waals surface area contributed by atoms with E-state index in [1.165, 1.54) is 6.07 Å². The molecule has 0 radical (unpaired) electrons. The molecule has 3 heterocycles. The van der Waals surface area contributed by atoms with Crippen molar-refractivity contribution in [1.29, 1.82) is 0 Å². The molecule has 1 saturated carbocycles. The van der Waals surface area contributed by atoms with Crippen molar-refractivity contribution in [2.24, 2.45) is 0 Å². The zero-order valence-corrected chi connectivity index (χ0v) is 16.0. The van der Waals surface area contributed by atoms with Crippen molar-refractivity contribution >= 4 is 29.0 Å². The van der Waals surface area contributed by atoms with Gasteiger partial charge in [0.15, 0.2) is 10.8 Å². The number of amides is 2. The molecule has 1 aliphatic heterocycles. The van der Waals surface area contributed by atoms with Gasteiger partial charge in [0, 0.05) is 31.5 Å². The Morgan fingerprint density at radius 3 is 2.76 bits per heavy atom. The van der Waals surface area contributed by atoms with Gasteiger partial charge < -0.3 is 5.32 Å². The first kappa shape index (κ1) is 20.1. The second kappa shape index (κ2) is 6.41. The number of nitrogens with zero attached hydrogens (tertiary/aromatic N) is 4. The minimum absolute atomic E-state index is 0.0391. The summed E-state index contributed by atoms with van der Waals surface area (Å²) in [5, 5.41) is 6.30. The van der Waals surface area contributed by atoms with Crippen molar-refractivity contribution in [3.63, 3.8) is 0 Å². The van der Waals surface area contributed by atoms with Gasteiger partial charge in [0.05, 0.1) is 17.6 Å². The number of hydrogen-bond donors (Lipinski definition) is 1. The van der Waals surface area contributed by atoms with Crippen LogP contribution in [0.5, 0.6) is 0 Å². The Labute approximate surface area is 167 Å². The molecule has 0 spiro atoms. The van der Waals surface area contributed by atoms with E-state index in [1.54, 1.807) is 0 Å². The number of carbonyl (C=O) groups excluding carboxylic acids is 1. The fraction of sp³-hybridized carbons (Fsp3) is 0.588. The molecule has 2 amide bonds. The molecule has 1 fully saturated rings. The summed E-state index contributed by atoms with van der Waals surface area (Å²) in [4.78, 5) is 17.7. The molecule has 158 valence electrons. The number of aromatic nitrogens is 3. The maximum absolute atomic E-state index is 14.0. The quantitative estimate of drug-likeness (QED) is 0.676. The molecule has 29 heavy (non-hydrogen) atoms. The molecule has 1 N–H and O–H groups in total. The van der Waals surface area contributed by atoms with E-state index in [9.17, 15) is 26.7 Å². The topological polar surface area (TPSA) is 62.5 Å². The third-order valence-electron chi connectivity index (χ3n) is 5.56. The van der Waals surface area contributed by atoms with Gasteiger partial charge in [-0.3, -0.25) is 4.90 Å². The molecular formula is C17H17ClF5N5O. The molecule has 2 aromatic heterocycles. The lowest BCUT2D eigenvalue weighted by Crippen LogP contribution is -2.51. The zero-order valence-electron chi connectivity index (χ0n) is 15.2. The predicted molar refractivity (Wildman–Crippen MR) is 94.5 cm³/mol. The first-order valence-corrected chi connectivity index (χ1v) is 9.36. The molecule has 0 bridgehead atoms. The Balaban J connectivity index is 1.72. The van der Waals surface area contributed by atoms with Crippen LogP contribution in [0.3, 0.4) is 0 Å². The SMILES string of the molecule is C[C@@]1(C(F)(F)F)CN(C(=O)N[C@H]2CCCC(F)(F)C2)c2cnc3cc(Cl)nn3c21. The maximum atomic E-state index is 14.0. The number of carbonyl (C=O) groups is 1. The number of hydrogen-bond acceptors (Lipinski definition) is 3. The lowest BCUT2D eigenvalue weighted by molar-refractivity contribution is -0.181. The molecule has 0 saturated heterocycles. The van der Waals surface area contributed by atoms with Crippen LogP contribution >= 0.6 is 11.6 Å². The van der Waals surface area contributed by atoms with E-state index in [0.717, 1.165) is 22.5 Å². The lowest BCUT2D eigenvalue weighted by Gasteiger charge is -2.31. The minimum Gasteiger partial charge on any atom is -0.335 e. The highest BCUT2D eigenvalue weighted by Crippen LogP contribution is 2.50. The fourth-order valence-electron chi connectivity index (χ4n) is 4.04. The monoisotopic (exact) mass is 437 g/mol. The molecule has 12 heteroatoms. The lowest BCUT2D eigenvalue weighted by atomic mass is 9.87. The van der Waals surface area contributed by atoms with E-state index >= 15 is 0 Å². The van der Waals surface area contributed by atoms with Crippen molar-refractivity contribution in [2.75, 3.05) is 11.4 Å². The van der Waals surface area contributed by atoms with Gasteiger partial charge in [-0.25, -0.2) is 23.1 Å². The normalized spacial score (nSPS) is 26.6. The standard InChI is InChI=1S/C17H17ClF5N5O/c1-15(17(21,22)23)8-27(14(29)25-9-3-2-4-16(19,20)6-9)10-7-24-12-5-11(18)26-28(12)13(10)15/h5,7,9H,2-4,6,8H2,1H3,(H,25,29)/t9-,15+/m0/s1. The molecule has 0 aromatic carbocycles. The van der Waals surface area contributed by atoms with Crippen molar-refractivity contribution in [3.05, 3.63) is 23.1 Å². The van der Waals surface area contributed by atoms with Gasteiger partial charge in [0.25, 0.3) is 0 Å². The number of rotatable bonds is 1. The number of anilines is 1. The third kappa shape index (κ3) is 3.28. The van der Waals surface area contributed by atoms with E-state index in [4.69, 9.17) is 11.6 Å². The molecule has 2 aliphatic rings. The van der Waals surface area contributed by atoms with E-state index in [2.05, 4.69) is 15.4 Å². The van der Waals surface area contributed by atoms with Crippen LogP contribution < -0.4 is 10.2 Å². The highest BCUT2D eigenvalue weighted by atomic mass is 35.5. The number of alkyl halides is 5. The van der Waals surface area contributed by atoms with Gasteiger partial charge in [-0.05, 0) is 19.8 Å². The number of urea groups is 1. The first-order valence-electron chi connectivity index (χ1n) is 8.99. The summed E-state index contributed by atoms with van der Waals surface area (Å²) in [5.74, 6) is -2.90. The van der Waals surface area contributed by atoms with Crippen molar-refractivity contribution in [1.82, 2.24) is 19.9 Å². The van der Waals surface area contributed by atoms with E-state index < -0.39 is 42.6 Å². The Kier molecular flexibility index (Phi) is 4.45. The van der Waals surface area contributed by atoms with Gasteiger partial charge in [0.2, 0.25) is 5.92 Å². The van der Waals surface area contributed by atoms with Crippen molar-refractivity contribution in [3.8, 4) is 0 Å². The Morgan fingerprint density at radius 1 is 1.38 bits per heavy atom. The Bertz CT molecular complexity index is 977. The molecule has 0 unspecified atom stereocenters. The van der Waals surface area contributed by atoms with Crippen LogP contribution in [-0.4, -0.2) is 45.3 Å². The molecule has 2 aromatic rings. The summed E-state index contributed by atoms with van der Waals surface area (Å²) < 4.78 is 70.2. The summed E-state index contributed by atoms with van der Waals surface area (Å²) in [6, 6.07) is -0.379. The molecular weight excluding hydrogens is 421 g/mol. The van der Waals surface area contributed by atoms with Crippen LogP contribution in [0.15, 0.2) is 12.3 Å². The zero-order chi connectivity index (χ0) is 21.2. The Morgan fingerprint density at radius 2 is 2.10 bits per heavy atom.